The first-order valence-electron chi connectivity index (χ1n) is 36.7. The van der Waals surface area contributed by atoms with E-state index in [4.69, 9.17) is 37.0 Å². The zero-order chi connectivity index (χ0) is 66.8. The van der Waals surface area contributed by atoms with Gasteiger partial charge in [-0.1, -0.05) is 299 Å². The number of hydrogen-bond donors (Lipinski definition) is 3. The van der Waals surface area contributed by atoms with Crippen LogP contribution in [0.15, 0.2) is 0 Å². The molecule has 0 saturated carbocycles. The van der Waals surface area contributed by atoms with E-state index in [-0.39, 0.29) is 25.7 Å². The van der Waals surface area contributed by atoms with Crippen LogP contribution in [0, 0.1) is 23.7 Å². The van der Waals surface area contributed by atoms with E-state index in [2.05, 4.69) is 55.4 Å². The van der Waals surface area contributed by atoms with Gasteiger partial charge in [0.25, 0.3) is 0 Å². The van der Waals surface area contributed by atoms with Crippen LogP contribution in [0.5, 0.6) is 0 Å². The van der Waals surface area contributed by atoms with Gasteiger partial charge in [0.1, 0.15) is 19.3 Å². The summed E-state index contributed by atoms with van der Waals surface area (Å²) in [5, 5.41) is 10.6. The van der Waals surface area contributed by atoms with Crippen LogP contribution in [0.4, 0.5) is 0 Å². The van der Waals surface area contributed by atoms with Gasteiger partial charge in [0, 0.05) is 25.7 Å². The highest BCUT2D eigenvalue weighted by molar-refractivity contribution is 7.47. The standard InChI is InChI=1S/C71H138O17P2/c1-61(2)47-39-31-23-17-15-13-11-9-10-12-14-16-18-27-37-45-53-70(75)87-67(58-82-69(74)52-44-36-30-29-34-42-50-64(7)8)60-86-90(79,80)84-56-65(72)55-83-89(77,78)85-59-66(88-71(76)54-46-38-28-22-20-25-33-41-49-63(5)6)57-81-68(73)51-43-35-26-21-19-24-32-40-48-62(3)4/h61-67,72H,9-60H2,1-8H3,(H,77,78)(H,79,80)/t65?,66-,67-/m1/s1. The number of unbranched alkanes of at least 4 members (excludes halogenated alkanes) is 34. The van der Waals surface area contributed by atoms with Gasteiger partial charge < -0.3 is 33.8 Å². The number of esters is 4. The van der Waals surface area contributed by atoms with E-state index >= 15 is 0 Å². The first-order chi connectivity index (χ1) is 43.1. The molecule has 3 unspecified atom stereocenters. The Balaban J connectivity index is 5.19. The van der Waals surface area contributed by atoms with Crippen LogP contribution in [0.1, 0.15) is 351 Å². The van der Waals surface area contributed by atoms with Crippen LogP contribution < -0.4 is 0 Å². The van der Waals surface area contributed by atoms with Gasteiger partial charge in [0.15, 0.2) is 12.2 Å². The Kier molecular flexibility index (Phi) is 59.4. The molecule has 17 nitrogen and oxygen atoms in total. The number of rotatable bonds is 68. The molecule has 0 radical (unpaired) electrons. The highest BCUT2D eigenvalue weighted by Crippen LogP contribution is 2.45. The molecule has 0 fully saturated rings. The predicted octanol–water partition coefficient (Wildman–Crippen LogP) is 20.1. The predicted molar refractivity (Wildman–Crippen MR) is 363 cm³/mol. The van der Waals surface area contributed by atoms with Gasteiger partial charge in [-0.3, -0.25) is 37.3 Å². The summed E-state index contributed by atoms with van der Waals surface area (Å²) in [6.07, 6.45) is 43.4. The molecule has 3 N–H and O–H groups in total. The summed E-state index contributed by atoms with van der Waals surface area (Å²) in [5.74, 6) is 0.801. The quantitative estimate of drug-likeness (QED) is 0.0222. The molecule has 0 aliphatic rings. The minimum absolute atomic E-state index is 0.103. The fourth-order valence-corrected chi connectivity index (χ4v) is 12.2. The van der Waals surface area contributed by atoms with E-state index in [1.807, 2.05) is 0 Å². The fraction of sp³-hybridized carbons (Fsp3) is 0.944. The third-order valence-electron chi connectivity index (χ3n) is 16.3. The Morgan fingerprint density at radius 2 is 0.467 bits per heavy atom. The summed E-state index contributed by atoms with van der Waals surface area (Å²) in [6, 6.07) is 0. The second-order valence-corrected chi connectivity index (χ2v) is 30.4. The molecule has 19 heteroatoms. The minimum Gasteiger partial charge on any atom is -0.462 e. The summed E-state index contributed by atoms with van der Waals surface area (Å²) >= 11 is 0. The zero-order valence-corrected chi connectivity index (χ0v) is 60.6. The first-order valence-corrected chi connectivity index (χ1v) is 39.7. The van der Waals surface area contributed by atoms with Crippen LogP contribution in [-0.2, 0) is 65.4 Å². The Labute approximate surface area is 549 Å². The van der Waals surface area contributed by atoms with Crippen molar-refractivity contribution < 1.29 is 80.2 Å². The molecule has 0 spiro atoms. The van der Waals surface area contributed by atoms with E-state index in [0.717, 1.165) is 114 Å². The third-order valence-corrected chi connectivity index (χ3v) is 18.2. The van der Waals surface area contributed by atoms with Crippen molar-refractivity contribution in [2.24, 2.45) is 23.7 Å². The lowest BCUT2D eigenvalue weighted by atomic mass is 10.0. The van der Waals surface area contributed by atoms with Crippen molar-refractivity contribution >= 4 is 39.5 Å². The molecule has 0 bridgehead atoms. The van der Waals surface area contributed by atoms with Crippen LogP contribution in [0.2, 0.25) is 0 Å². The molecular formula is C71H138O17P2. The molecule has 0 aromatic rings. The number of hydrogen-bond acceptors (Lipinski definition) is 15. The monoisotopic (exact) mass is 1320 g/mol. The van der Waals surface area contributed by atoms with Crippen LogP contribution in [0.25, 0.3) is 0 Å². The maximum absolute atomic E-state index is 13.0. The number of aliphatic hydroxyl groups is 1. The summed E-state index contributed by atoms with van der Waals surface area (Å²) in [4.78, 5) is 72.5. The SMILES string of the molecule is CC(C)CCCCCCCCCCCCCCCCCCC(=O)O[C@H](COC(=O)CCCCCCCCC(C)C)COP(=O)(O)OCC(O)COP(=O)(O)OC[C@@H](COC(=O)CCCCCCCCCCC(C)C)OC(=O)CCCCCCCCCCC(C)C. The van der Waals surface area contributed by atoms with Gasteiger partial charge in [-0.05, 0) is 49.4 Å². The average Bonchev–Trinajstić information content (AvgIpc) is 3.39. The fourth-order valence-electron chi connectivity index (χ4n) is 10.7. The lowest BCUT2D eigenvalue weighted by Crippen LogP contribution is -2.30. The van der Waals surface area contributed by atoms with Crippen LogP contribution >= 0.6 is 15.6 Å². The third kappa shape index (κ3) is 64.8. The van der Waals surface area contributed by atoms with Gasteiger partial charge in [-0.2, -0.15) is 0 Å². The van der Waals surface area contributed by atoms with Gasteiger partial charge in [0.05, 0.1) is 26.4 Å². The molecule has 0 heterocycles. The molecular weight excluding hydrogens is 1190 g/mol. The topological polar surface area (TPSA) is 237 Å². The van der Waals surface area contributed by atoms with Crippen LogP contribution in [-0.4, -0.2) is 96.7 Å². The molecule has 5 atom stereocenters. The molecule has 90 heavy (non-hydrogen) atoms. The summed E-state index contributed by atoms with van der Waals surface area (Å²) < 4.78 is 68.2. The second-order valence-electron chi connectivity index (χ2n) is 27.5. The molecule has 534 valence electrons. The highest BCUT2D eigenvalue weighted by atomic mass is 31.2. The molecule has 0 aromatic carbocycles. The summed E-state index contributed by atoms with van der Waals surface area (Å²) in [7, 11) is -9.90. The number of phosphoric ester groups is 2. The molecule has 0 saturated heterocycles. The number of ether oxygens (including phenoxy) is 4. The lowest BCUT2D eigenvalue weighted by molar-refractivity contribution is -0.161. The largest absolute Gasteiger partial charge is 0.472 e. The van der Waals surface area contributed by atoms with Gasteiger partial charge in [-0.15, -0.1) is 0 Å². The van der Waals surface area contributed by atoms with Crippen molar-refractivity contribution in [1.29, 1.82) is 0 Å². The smallest absolute Gasteiger partial charge is 0.462 e. The van der Waals surface area contributed by atoms with Crippen molar-refractivity contribution in [2.45, 2.75) is 369 Å². The summed E-state index contributed by atoms with van der Waals surface area (Å²) in [5.41, 5.74) is 0. The highest BCUT2D eigenvalue weighted by Gasteiger charge is 2.30. The Bertz CT molecular complexity index is 1780. The molecule has 0 amide bonds. The van der Waals surface area contributed by atoms with Crippen molar-refractivity contribution in [3.05, 3.63) is 0 Å². The molecule has 0 aliphatic carbocycles. The number of carbonyl (C=O) groups is 4. The average molecular weight is 1330 g/mol. The summed E-state index contributed by atoms with van der Waals surface area (Å²) in [6.45, 7) is 14.0. The lowest BCUT2D eigenvalue weighted by Gasteiger charge is -2.21. The molecule has 0 aliphatic heterocycles. The van der Waals surface area contributed by atoms with Gasteiger partial charge in [-0.25, -0.2) is 9.13 Å². The van der Waals surface area contributed by atoms with Crippen LogP contribution in [0.3, 0.4) is 0 Å². The Morgan fingerprint density at radius 3 is 0.689 bits per heavy atom. The number of aliphatic hydroxyl groups excluding tert-OH is 1. The molecule has 0 rings (SSSR count). The van der Waals surface area contributed by atoms with Gasteiger partial charge in [0.2, 0.25) is 0 Å². The van der Waals surface area contributed by atoms with Gasteiger partial charge >= 0.3 is 39.5 Å². The number of phosphoric acid groups is 2. The Hall–Kier alpha value is -1.94. The van der Waals surface area contributed by atoms with E-state index < -0.39 is 97.5 Å². The van der Waals surface area contributed by atoms with Crippen molar-refractivity contribution in [1.82, 2.24) is 0 Å². The van der Waals surface area contributed by atoms with Crippen molar-refractivity contribution in [3.63, 3.8) is 0 Å². The maximum Gasteiger partial charge on any atom is 0.472 e. The van der Waals surface area contributed by atoms with E-state index in [1.54, 1.807) is 0 Å². The van der Waals surface area contributed by atoms with E-state index in [1.165, 1.54) is 148 Å². The first kappa shape index (κ1) is 88.1. The minimum atomic E-state index is -4.95. The van der Waals surface area contributed by atoms with E-state index in [0.29, 0.717) is 31.6 Å². The van der Waals surface area contributed by atoms with E-state index in [9.17, 15) is 43.2 Å². The van der Waals surface area contributed by atoms with Crippen molar-refractivity contribution in [3.8, 4) is 0 Å². The second kappa shape index (κ2) is 60.7. The normalized spacial score (nSPS) is 14.3. The maximum atomic E-state index is 13.0. The Morgan fingerprint density at radius 1 is 0.278 bits per heavy atom. The van der Waals surface area contributed by atoms with Crippen molar-refractivity contribution in [2.75, 3.05) is 39.6 Å². The molecule has 0 aromatic heterocycles. The number of carbonyl (C=O) groups excluding carboxylic acids is 4. The zero-order valence-electron chi connectivity index (χ0n) is 58.8.